The van der Waals surface area contributed by atoms with Gasteiger partial charge < -0.3 is 10.1 Å². The van der Waals surface area contributed by atoms with Crippen molar-refractivity contribution in [2.45, 2.75) is 12.1 Å². The number of hydrogen-bond acceptors (Lipinski definition) is 5. The van der Waals surface area contributed by atoms with Crippen LogP contribution in [-0.2, 0) is 4.79 Å². The van der Waals surface area contributed by atoms with Crippen LogP contribution in [0.1, 0.15) is 5.69 Å². The number of halogens is 1. The van der Waals surface area contributed by atoms with Gasteiger partial charge in [-0.2, -0.15) is 0 Å². The van der Waals surface area contributed by atoms with Gasteiger partial charge in [0.1, 0.15) is 5.75 Å². The zero-order chi connectivity index (χ0) is 19.2. The maximum atomic E-state index is 12.3. The Labute approximate surface area is 167 Å². The number of carbonyl (C=O) groups is 1. The number of aryl methyl sites for hydroxylation is 1. The molecule has 1 amide bonds. The van der Waals surface area contributed by atoms with Crippen LogP contribution in [0.5, 0.6) is 5.75 Å². The van der Waals surface area contributed by atoms with Crippen molar-refractivity contribution >= 4 is 35.0 Å². The Balaban J connectivity index is 1.69. The highest BCUT2D eigenvalue weighted by atomic mass is 35.5. The lowest BCUT2D eigenvalue weighted by Gasteiger charge is -2.10. The van der Waals surface area contributed by atoms with Crippen molar-refractivity contribution in [3.8, 4) is 17.0 Å². The van der Waals surface area contributed by atoms with E-state index in [0.717, 1.165) is 17.0 Å². The minimum absolute atomic E-state index is 0.174. The van der Waals surface area contributed by atoms with Crippen LogP contribution in [-0.4, -0.2) is 28.7 Å². The topological polar surface area (TPSA) is 64.1 Å². The van der Waals surface area contributed by atoms with Crippen LogP contribution in [0.3, 0.4) is 0 Å². The van der Waals surface area contributed by atoms with Crippen LogP contribution >= 0.6 is 23.4 Å². The van der Waals surface area contributed by atoms with Crippen molar-refractivity contribution in [3.63, 3.8) is 0 Å². The lowest BCUT2D eigenvalue weighted by atomic mass is 10.1. The van der Waals surface area contributed by atoms with Gasteiger partial charge in [0.25, 0.3) is 0 Å². The van der Waals surface area contributed by atoms with E-state index < -0.39 is 0 Å². The van der Waals surface area contributed by atoms with Gasteiger partial charge in [0.15, 0.2) is 5.16 Å². The number of nitrogens with zero attached hydrogens (tertiary/aromatic N) is 2. The van der Waals surface area contributed by atoms with Crippen molar-refractivity contribution in [2.75, 3.05) is 18.2 Å². The molecular weight excluding hydrogens is 382 g/mol. The normalized spacial score (nSPS) is 10.5. The molecule has 5 nitrogen and oxygen atoms in total. The largest absolute Gasteiger partial charge is 0.495 e. The first-order valence-electron chi connectivity index (χ1n) is 8.22. The van der Waals surface area contributed by atoms with Gasteiger partial charge in [-0.3, -0.25) is 4.79 Å². The number of carbonyl (C=O) groups excluding carboxylic acids is 1. The molecule has 0 radical (unpaired) electrons. The second-order valence-corrected chi connectivity index (χ2v) is 7.10. The van der Waals surface area contributed by atoms with Gasteiger partial charge in [0.2, 0.25) is 5.91 Å². The fourth-order valence-corrected chi connectivity index (χ4v) is 3.33. The van der Waals surface area contributed by atoms with E-state index in [2.05, 4.69) is 15.3 Å². The van der Waals surface area contributed by atoms with Crippen LogP contribution in [0, 0.1) is 6.92 Å². The maximum absolute atomic E-state index is 12.3. The highest BCUT2D eigenvalue weighted by Gasteiger charge is 2.11. The fraction of sp³-hybridized carbons (Fsp3) is 0.150. The lowest BCUT2D eigenvalue weighted by Crippen LogP contribution is -2.15. The highest BCUT2D eigenvalue weighted by molar-refractivity contribution is 7.99. The molecule has 138 valence electrons. The van der Waals surface area contributed by atoms with Gasteiger partial charge in [0.05, 0.1) is 24.2 Å². The zero-order valence-corrected chi connectivity index (χ0v) is 16.5. The molecule has 7 heteroatoms. The summed E-state index contributed by atoms with van der Waals surface area (Å²) in [6.07, 6.45) is 0. The Bertz CT molecular complexity index is 951. The molecular formula is C20H18ClN3O2S. The standard InChI is InChI=1S/C20H18ClN3O2S/c1-13-10-16(14-6-4-3-5-7-14)24-20(22-13)27-12-19(25)23-17-11-15(21)8-9-18(17)26-2/h3-11H,12H2,1-2H3,(H,23,25). The SMILES string of the molecule is COc1ccc(Cl)cc1NC(=O)CSc1nc(C)cc(-c2ccccc2)n1. The first-order chi connectivity index (χ1) is 13.0. The third-order valence-corrected chi connectivity index (χ3v) is 4.75. The third kappa shape index (κ3) is 5.21. The molecule has 1 heterocycles. The zero-order valence-electron chi connectivity index (χ0n) is 14.9. The molecule has 1 aromatic heterocycles. The van der Waals surface area contributed by atoms with E-state index in [1.165, 1.54) is 11.8 Å². The molecule has 0 aliphatic rings. The molecule has 0 bridgehead atoms. The Kier molecular flexibility index (Phi) is 6.32. The summed E-state index contributed by atoms with van der Waals surface area (Å²) in [7, 11) is 1.54. The molecule has 0 saturated carbocycles. The Morgan fingerprint density at radius 3 is 2.67 bits per heavy atom. The molecule has 3 aromatic rings. The van der Waals surface area contributed by atoms with Gasteiger partial charge in [-0.25, -0.2) is 9.97 Å². The predicted molar refractivity (Wildman–Crippen MR) is 110 cm³/mol. The van der Waals surface area contributed by atoms with Crippen molar-refractivity contribution in [3.05, 3.63) is 65.3 Å². The van der Waals surface area contributed by atoms with Crippen molar-refractivity contribution < 1.29 is 9.53 Å². The van der Waals surface area contributed by atoms with Crippen LogP contribution in [0.4, 0.5) is 5.69 Å². The highest BCUT2D eigenvalue weighted by Crippen LogP contribution is 2.28. The quantitative estimate of drug-likeness (QED) is 0.474. The smallest absolute Gasteiger partial charge is 0.234 e. The Morgan fingerprint density at radius 1 is 1.15 bits per heavy atom. The number of thioether (sulfide) groups is 1. The lowest BCUT2D eigenvalue weighted by molar-refractivity contribution is -0.113. The van der Waals surface area contributed by atoms with E-state index in [9.17, 15) is 4.79 Å². The molecule has 0 saturated heterocycles. The summed E-state index contributed by atoms with van der Waals surface area (Å²) in [6, 6.07) is 16.9. The van der Waals surface area contributed by atoms with Gasteiger partial charge in [-0.05, 0) is 31.2 Å². The molecule has 3 rings (SSSR count). The fourth-order valence-electron chi connectivity index (χ4n) is 2.46. The monoisotopic (exact) mass is 399 g/mol. The van der Waals surface area contributed by atoms with E-state index in [1.807, 2.05) is 43.3 Å². The van der Waals surface area contributed by atoms with Gasteiger partial charge >= 0.3 is 0 Å². The first kappa shape index (κ1) is 19.2. The molecule has 0 aliphatic carbocycles. The van der Waals surface area contributed by atoms with Crippen LogP contribution < -0.4 is 10.1 Å². The number of methoxy groups -OCH3 is 1. The van der Waals surface area contributed by atoms with Crippen molar-refractivity contribution in [1.29, 1.82) is 0 Å². The average molecular weight is 400 g/mol. The van der Waals surface area contributed by atoms with E-state index in [4.69, 9.17) is 16.3 Å². The minimum Gasteiger partial charge on any atom is -0.495 e. The van der Waals surface area contributed by atoms with Crippen LogP contribution in [0.2, 0.25) is 5.02 Å². The molecule has 27 heavy (non-hydrogen) atoms. The number of benzene rings is 2. The summed E-state index contributed by atoms with van der Waals surface area (Å²) in [5, 5.41) is 3.89. The van der Waals surface area contributed by atoms with Crippen LogP contribution in [0.15, 0.2) is 59.8 Å². The summed E-state index contributed by atoms with van der Waals surface area (Å²) >= 11 is 7.27. The summed E-state index contributed by atoms with van der Waals surface area (Å²) < 4.78 is 5.24. The number of aromatic nitrogens is 2. The van der Waals surface area contributed by atoms with Gasteiger partial charge in [-0.15, -0.1) is 0 Å². The number of hydrogen-bond donors (Lipinski definition) is 1. The second kappa shape index (κ2) is 8.88. The first-order valence-corrected chi connectivity index (χ1v) is 9.59. The number of nitrogens with one attached hydrogen (secondary N) is 1. The number of rotatable bonds is 6. The summed E-state index contributed by atoms with van der Waals surface area (Å²) in [5.41, 5.74) is 3.23. The van der Waals surface area contributed by atoms with E-state index in [-0.39, 0.29) is 11.7 Å². The summed E-state index contributed by atoms with van der Waals surface area (Å²) in [5.74, 6) is 0.538. The third-order valence-electron chi connectivity index (χ3n) is 3.67. The minimum atomic E-state index is -0.188. The van der Waals surface area contributed by atoms with E-state index in [1.54, 1.807) is 25.3 Å². The average Bonchev–Trinajstić information content (AvgIpc) is 2.67. The molecule has 0 atom stereocenters. The van der Waals surface area contributed by atoms with Gasteiger partial charge in [0, 0.05) is 16.3 Å². The number of amides is 1. The Hall–Kier alpha value is -2.57. The summed E-state index contributed by atoms with van der Waals surface area (Å²) in [4.78, 5) is 21.3. The summed E-state index contributed by atoms with van der Waals surface area (Å²) in [6.45, 7) is 1.91. The maximum Gasteiger partial charge on any atom is 0.234 e. The van der Waals surface area contributed by atoms with E-state index in [0.29, 0.717) is 21.6 Å². The molecule has 0 unspecified atom stereocenters. The van der Waals surface area contributed by atoms with Crippen molar-refractivity contribution in [2.24, 2.45) is 0 Å². The van der Waals surface area contributed by atoms with Crippen molar-refractivity contribution in [1.82, 2.24) is 9.97 Å². The van der Waals surface area contributed by atoms with Gasteiger partial charge in [-0.1, -0.05) is 53.7 Å². The molecule has 0 spiro atoms. The molecule has 0 fully saturated rings. The Morgan fingerprint density at radius 2 is 1.93 bits per heavy atom. The van der Waals surface area contributed by atoms with E-state index >= 15 is 0 Å². The number of ether oxygens (including phenoxy) is 1. The molecule has 1 N–H and O–H groups in total. The predicted octanol–water partition coefficient (Wildman–Crippen LogP) is 4.84. The number of anilines is 1. The van der Waals surface area contributed by atoms with Crippen LogP contribution in [0.25, 0.3) is 11.3 Å². The molecule has 2 aromatic carbocycles. The second-order valence-electron chi connectivity index (χ2n) is 5.72. The molecule has 0 aliphatic heterocycles.